The molecule has 1 rings (SSSR count). The molecule has 5 nitrogen and oxygen atoms in total. The van der Waals surface area contributed by atoms with Gasteiger partial charge in [0, 0.05) is 26.1 Å². The molecule has 0 aliphatic heterocycles. The van der Waals surface area contributed by atoms with Crippen LogP contribution in [-0.4, -0.2) is 17.1 Å². The fraction of sp³-hybridized carbons (Fsp3) is 0.333. The molecule has 0 aromatic carbocycles. The molecule has 0 fully saturated rings. The number of pyridine rings is 1. The van der Waals surface area contributed by atoms with Gasteiger partial charge < -0.3 is 15.0 Å². The number of nitrogens with zero attached hydrogens (tertiary/aromatic N) is 1. The lowest BCUT2D eigenvalue weighted by atomic mass is 10.4. The van der Waals surface area contributed by atoms with E-state index in [4.69, 9.17) is 10.5 Å². The van der Waals surface area contributed by atoms with Crippen molar-refractivity contribution in [3.63, 3.8) is 0 Å². The van der Waals surface area contributed by atoms with Gasteiger partial charge in [0.2, 0.25) is 0 Å². The monoisotopic (exact) mass is 196 g/mol. The molecule has 0 aliphatic carbocycles. The summed E-state index contributed by atoms with van der Waals surface area (Å²) in [7, 11) is 0. The van der Waals surface area contributed by atoms with E-state index in [0.29, 0.717) is 18.8 Å². The molecule has 76 valence electrons. The van der Waals surface area contributed by atoms with E-state index in [1.54, 1.807) is 0 Å². The van der Waals surface area contributed by atoms with E-state index >= 15 is 0 Å². The summed E-state index contributed by atoms with van der Waals surface area (Å²) in [4.78, 5) is 21.8. The van der Waals surface area contributed by atoms with Crippen molar-refractivity contribution in [2.45, 2.75) is 13.5 Å². The van der Waals surface area contributed by atoms with Crippen molar-refractivity contribution < 1.29 is 9.53 Å². The molecule has 0 atom stereocenters. The van der Waals surface area contributed by atoms with Crippen LogP contribution in [0.25, 0.3) is 0 Å². The first kappa shape index (κ1) is 10.5. The van der Waals surface area contributed by atoms with Gasteiger partial charge in [0.1, 0.15) is 5.75 Å². The van der Waals surface area contributed by atoms with Gasteiger partial charge in [-0.15, -0.1) is 0 Å². The van der Waals surface area contributed by atoms with E-state index in [2.05, 4.69) is 0 Å². The molecule has 1 aromatic rings. The van der Waals surface area contributed by atoms with Crippen LogP contribution in [0.4, 0.5) is 0 Å². The van der Waals surface area contributed by atoms with Crippen LogP contribution in [0.5, 0.6) is 5.75 Å². The Hall–Kier alpha value is -1.62. The average molecular weight is 196 g/mol. The van der Waals surface area contributed by atoms with Gasteiger partial charge in [0.05, 0.1) is 6.20 Å². The van der Waals surface area contributed by atoms with Gasteiger partial charge in [-0.1, -0.05) is 0 Å². The maximum atomic E-state index is 11.2. The molecule has 0 amide bonds. The molecule has 2 N–H and O–H groups in total. The lowest BCUT2D eigenvalue weighted by Gasteiger charge is -2.05. The van der Waals surface area contributed by atoms with Crippen LogP contribution in [0.3, 0.4) is 0 Å². The number of ether oxygens (including phenoxy) is 1. The molecule has 0 bridgehead atoms. The van der Waals surface area contributed by atoms with E-state index in [-0.39, 0.29) is 5.56 Å². The first-order chi connectivity index (χ1) is 6.63. The SMILES string of the molecule is CC(=O)Oc1ccc(=O)n(CCN)c1. The first-order valence-corrected chi connectivity index (χ1v) is 4.22. The zero-order valence-corrected chi connectivity index (χ0v) is 7.90. The molecule has 0 unspecified atom stereocenters. The summed E-state index contributed by atoms with van der Waals surface area (Å²) >= 11 is 0. The third kappa shape index (κ3) is 2.70. The summed E-state index contributed by atoms with van der Waals surface area (Å²) in [6.07, 6.45) is 1.47. The maximum absolute atomic E-state index is 11.2. The fourth-order valence-corrected chi connectivity index (χ4v) is 1.05. The molecule has 0 aliphatic rings. The summed E-state index contributed by atoms with van der Waals surface area (Å²) in [5.41, 5.74) is 5.15. The van der Waals surface area contributed by atoms with Crippen LogP contribution in [-0.2, 0) is 11.3 Å². The molecule has 14 heavy (non-hydrogen) atoms. The highest BCUT2D eigenvalue weighted by Gasteiger charge is 2.00. The predicted octanol–water partition coefficient (Wildman–Crippen LogP) is -0.268. The van der Waals surface area contributed by atoms with Gasteiger partial charge in [-0.05, 0) is 6.07 Å². The average Bonchev–Trinajstić information content (AvgIpc) is 2.10. The van der Waals surface area contributed by atoms with Crippen molar-refractivity contribution in [3.05, 3.63) is 28.7 Å². The number of carbonyl (C=O) groups excluding carboxylic acids is 1. The minimum Gasteiger partial charge on any atom is -0.425 e. The zero-order valence-electron chi connectivity index (χ0n) is 7.90. The highest BCUT2D eigenvalue weighted by atomic mass is 16.5. The Morgan fingerprint density at radius 3 is 2.86 bits per heavy atom. The second-order valence-electron chi connectivity index (χ2n) is 2.78. The molecular formula is C9H12N2O3. The van der Waals surface area contributed by atoms with E-state index in [0.717, 1.165) is 0 Å². The molecular weight excluding hydrogens is 184 g/mol. The summed E-state index contributed by atoms with van der Waals surface area (Å²) in [5.74, 6) is -0.0616. The largest absolute Gasteiger partial charge is 0.425 e. The van der Waals surface area contributed by atoms with Gasteiger partial charge in [0.25, 0.3) is 5.56 Å². The Kier molecular flexibility index (Phi) is 3.41. The molecule has 0 radical (unpaired) electrons. The zero-order chi connectivity index (χ0) is 10.6. The second-order valence-corrected chi connectivity index (χ2v) is 2.78. The van der Waals surface area contributed by atoms with Crippen molar-refractivity contribution in [3.8, 4) is 5.75 Å². The molecule has 1 heterocycles. The van der Waals surface area contributed by atoms with Crippen LogP contribution in [0, 0.1) is 0 Å². The normalized spacial score (nSPS) is 9.86. The Morgan fingerprint density at radius 2 is 2.29 bits per heavy atom. The minimum absolute atomic E-state index is 0.161. The quantitative estimate of drug-likeness (QED) is 0.675. The van der Waals surface area contributed by atoms with Gasteiger partial charge >= 0.3 is 5.97 Å². The van der Waals surface area contributed by atoms with E-state index < -0.39 is 5.97 Å². The molecule has 0 spiro atoms. The summed E-state index contributed by atoms with van der Waals surface area (Å²) in [6, 6.07) is 2.80. The third-order valence-corrected chi connectivity index (χ3v) is 1.59. The number of hydrogen-bond acceptors (Lipinski definition) is 4. The smallest absolute Gasteiger partial charge is 0.308 e. The Morgan fingerprint density at radius 1 is 1.57 bits per heavy atom. The van der Waals surface area contributed by atoms with Gasteiger partial charge in [0.15, 0.2) is 0 Å². The van der Waals surface area contributed by atoms with Crippen LogP contribution in [0.15, 0.2) is 23.1 Å². The summed E-state index contributed by atoms with van der Waals surface area (Å²) < 4.78 is 6.22. The van der Waals surface area contributed by atoms with Gasteiger partial charge in [-0.25, -0.2) is 0 Å². The van der Waals surface area contributed by atoms with Gasteiger partial charge in [-0.3, -0.25) is 9.59 Å². The third-order valence-electron chi connectivity index (χ3n) is 1.59. The van der Waals surface area contributed by atoms with Crippen LogP contribution in [0.1, 0.15) is 6.92 Å². The number of carbonyl (C=O) groups is 1. The molecule has 1 aromatic heterocycles. The highest BCUT2D eigenvalue weighted by molar-refractivity contribution is 5.69. The number of esters is 1. The van der Waals surface area contributed by atoms with Crippen molar-refractivity contribution in [1.82, 2.24) is 4.57 Å². The Labute approximate surface area is 81.1 Å². The maximum Gasteiger partial charge on any atom is 0.308 e. The molecule has 0 saturated heterocycles. The van der Waals surface area contributed by atoms with Crippen molar-refractivity contribution in [2.24, 2.45) is 5.73 Å². The minimum atomic E-state index is -0.414. The topological polar surface area (TPSA) is 74.3 Å². The predicted molar refractivity (Wildman–Crippen MR) is 51.1 cm³/mol. The van der Waals surface area contributed by atoms with E-state index in [1.807, 2.05) is 0 Å². The van der Waals surface area contributed by atoms with E-state index in [9.17, 15) is 9.59 Å². The number of hydrogen-bond donors (Lipinski definition) is 1. The fourth-order valence-electron chi connectivity index (χ4n) is 1.05. The molecule has 0 saturated carbocycles. The Bertz CT molecular complexity index is 384. The molecule has 5 heteroatoms. The highest BCUT2D eigenvalue weighted by Crippen LogP contribution is 2.06. The standard InChI is InChI=1S/C9H12N2O3/c1-7(12)14-8-2-3-9(13)11(6-8)5-4-10/h2-3,6H,4-5,10H2,1H3. The van der Waals surface area contributed by atoms with Gasteiger partial charge in [-0.2, -0.15) is 0 Å². The van der Waals surface area contributed by atoms with Crippen LogP contribution >= 0.6 is 0 Å². The van der Waals surface area contributed by atoms with Crippen molar-refractivity contribution in [2.75, 3.05) is 6.54 Å². The van der Waals surface area contributed by atoms with Crippen LogP contribution in [0.2, 0.25) is 0 Å². The first-order valence-electron chi connectivity index (χ1n) is 4.22. The van der Waals surface area contributed by atoms with Crippen LogP contribution < -0.4 is 16.0 Å². The van der Waals surface area contributed by atoms with E-state index in [1.165, 1.54) is 29.8 Å². The number of rotatable bonds is 3. The van der Waals surface area contributed by atoms with Crippen molar-refractivity contribution in [1.29, 1.82) is 0 Å². The summed E-state index contributed by atoms with van der Waals surface area (Å²) in [6.45, 7) is 2.08. The van der Waals surface area contributed by atoms with Crippen molar-refractivity contribution >= 4 is 5.97 Å². The Balaban J connectivity index is 2.94. The number of aromatic nitrogens is 1. The second kappa shape index (κ2) is 4.57. The summed E-state index contributed by atoms with van der Waals surface area (Å²) in [5, 5.41) is 0. The lowest BCUT2D eigenvalue weighted by Crippen LogP contribution is -2.23. The number of nitrogens with two attached hydrogens (primary N) is 1. The lowest BCUT2D eigenvalue weighted by molar-refractivity contribution is -0.131.